The van der Waals surface area contributed by atoms with Gasteiger partial charge in [-0.25, -0.2) is 0 Å². The second-order valence-corrected chi connectivity index (χ2v) is 5.78. The summed E-state index contributed by atoms with van der Waals surface area (Å²) in [6.07, 6.45) is 4.35. The van der Waals surface area contributed by atoms with Gasteiger partial charge in [-0.05, 0) is 19.6 Å². The van der Waals surface area contributed by atoms with Gasteiger partial charge >= 0.3 is 0 Å². The van der Waals surface area contributed by atoms with Gasteiger partial charge in [0.05, 0.1) is 9.45 Å². The van der Waals surface area contributed by atoms with Crippen LogP contribution >= 0.6 is 24.0 Å². The number of thioether (sulfide) groups is 1. The van der Waals surface area contributed by atoms with E-state index < -0.39 is 10.8 Å². The van der Waals surface area contributed by atoms with E-state index in [4.69, 9.17) is 12.2 Å². The molecule has 0 bridgehead atoms. The third-order valence-electron chi connectivity index (χ3n) is 1.40. The molecule has 0 fully saturated rings. The molecule has 0 aromatic rings. The van der Waals surface area contributed by atoms with Crippen molar-refractivity contribution in [2.45, 2.75) is 18.6 Å². The molecule has 0 heterocycles. The van der Waals surface area contributed by atoms with Crippen LogP contribution in [-0.4, -0.2) is 26.2 Å². The van der Waals surface area contributed by atoms with Gasteiger partial charge in [-0.15, -0.1) is 18.3 Å². The van der Waals surface area contributed by atoms with Crippen LogP contribution in [0.4, 0.5) is 0 Å². The zero-order valence-corrected chi connectivity index (χ0v) is 10.1. The van der Waals surface area contributed by atoms with Crippen molar-refractivity contribution < 1.29 is 4.21 Å². The van der Waals surface area contributed by atoms with Gasteiger partial charge in [0, 0.05) is 17.1 Å². The summed E-state index contributed by atoms with van der Waals surface area (Å²) in [7, 11) is -0.877. The average molecular weight is 222 g/mol. The Morgan fingerprint density at radius 2 is 2.25 bits per heavy atom. The van der Waals surface area contributed by atoms with Crippen molar-refractivity contribution in [1.29, 1.82) is 0 Å². The minimum Gasteiger partial charge on any atom is -0.259 e. The second-order valence-electron chi connectivity index (χ2n) is 2.67. The van der Waals surface area contributed by atoms with E-state index in [1.807, 2.05) is 13.2 Å². The van der Waals surface area contributed by atoms with Crippen LogP contribution in [0.2, 0.25) is 0 Å². The maximum absolute atomic E-state index is 11.2. The number of rotatable bonds is 4. The first-order valence-corrected chi connectivity index (χ1v) is 6.79. The lowest BCUT2D eigenvalue weighted by Gasteiger charge is -2.13. The molecule has 0 aliphatic heterocycles. The number of thiocarbonyl (C=S) groups is 1. The molecule has 0 aromatic heterocycles. The molecule has 2 atom stereocenters. The maximum Gasteiger partial charge on any atom is 0.0793 e. The van der Waals surface area contributed by atoms with Crippen LogP contribution in [0.15, 0.2) is 12.2 Å². The molecule has 70 valence electrons. The number of hydrogen-bond donors (Lipinski definition) is 0. The van der Waals surface area contributed by atoms with E-state index in [2.05, 4.69) is 6.58 Å². The summed E-state index contributed by atoms with van der Waals surface area (Å²) in [6, 6.07) is 0. The van der Waals surface area contributed by atoms with Gasteiger partial charge in [-0.1, -0.05) is 17.8 Å². The van der Waals surface area contributed by atoms with E-state index >= 15 is 0 Å². The smallest absolute Gasteiger partial charge is 0.0793 e. The molecule has 0 rings (SSSR count). The summed E-state index contributed by atoms with van der Waals surface area (Å²) >= 11 is 6.60. The van der Waals surface area contributed by atoms with E-state index in [1.165, 1.54) is 11.8 Å². The van der Waals surface area contributed by atoms with Crippen molar-refractivity contribution in [3.8, 4) is 0 Å². The van der Waals surface area contributed by atoms with Gasteiger partial charge in [-0.2, -0.15) is 0 Å². The molecule has 0 N–H and O–H groups in total. The molecular weight excluding hydrogens is 208 g/mol. The van der Waals surface area contributed by atoms with Crippen LogP contribution in [0.3, 0.4) is 0 Å². The second kappa shape index (κ2) is 5.89. The molecule has 0 amide bonds. The first kappa shape index (κ1) is 12.3. The maximum atomic E-state index is 11.2. The summed E-state index contributed by atoms with van der Waals surface area (Å²) in [5.41, 5.74) is 1.03. The Morgan fingerprint density at radius 1 is 1.75 bits per heavy atom. The zero-order chi connectivity index (χ0) is 9.72. The van der Waals surface area contributed by atoms with Crippen LogP contribution in [0.1, 0.15) is 13.3 Å². The van der Waals surface area contributed by atoms with E-state index in [-0.39, 0.29) is 5.25 Å². The minimum atomic E-state index is -0.877. The van der Waals surface area contributed by atoms with Crippen molar-refractivity contribution in [1.82, 2.24) is 0 Å². The molecule has 0 aliphatic carbocycles. The predicted octanol–water partition coefficient (Wildman–Crippen LogP) is 2.39. The van der Waals surface area contributed by atoms with Gasteiger partial charge in [0.1, 0.15) is 0 Å². The normalized spacial score (nSPS) is 15.2. The Balaban J connectivity index is 4.33. The monoisotopic (exact) mass is 222 g/mol. The SMILES string of the molecule is C=C(C)C[C@@H](C(=S)SC)S(C)=O. The quantitative estimate of drug-likeness (QED) is 0.537. The molecule has 0 saturated carbocycles. The lowest BCUT2D eigenvalue weighted by atomic mass is 10.2. The summed E-state index contributed by atoms with van der Waals surface area (Å²) in [6.45, 7) is 5.72. The third kappa shape index (κ3) is 4.38. The molecule has 1 unspecified atom stereocenters. The topological polar surface area (TPSA) is 17.1 Å². The molecule has 0 radical (unpaired) electrons. The van der Waals surface area contributed by atoms with Crippen LogP contribution < -0.4 is 0 Å². The minimum absolute atomic E-state index is 0.00694. The first-order valence-electron chi connectivity index (χ1n) is 3.53. The standard InChI is InChI=1S/C8H14OS3/c1-6(2)5-7(12(4)9)8(10)11-3/h7H,1,5H2,2-4H3/t7-,12?/m0/s1. The van der Waals surface area contributed by atoms with Crippen LogP contribution in [-0.2, 0) is 10.8 Å². The highest BCUT2D eigenvalue weighted by atomic mass is 32.2. The summed E-state index contributed by atoms with van der Waals surface area (Å²) in [5, 5.41) is -0.00694. The van der Waals surface area contributed by atoms with Gasteiger partial charge < -0.3 is 0 Å². The van der Waals surface area contributed by atoms with Crippen LogP contribution in [0, 0.1) is 0 Å². The van der Waals surface area contributed by atoms with Gasteiger partial charge in [-0.3, -0.25) is 4.21 Å². The molecule has 0 aromatic carbocycles. The van der Waals surface area contributed by atoms with E-state index in [9.17, 15) is 4.21 Å². The van der Waals surface area contributed by atoms with E-state index in [1.54, 1.807) is 6.26 Å². The van der Waals surface area contributed by atoms with Crippen LogP contribution in [0.5, 0.6) is 0 Å². The van der Waals surface area contributed by atoms with Crippen molar-refractivity contribution >= 4 is 39.0 Å². The molecule has 0 saturated heterocycles. The van der Waals surface area contributed by atoms with Gasteiger partial charge in [0.2, 0.25) is 0 Å². The third-order valence-corrected chi connectivity index (χ3v) is 4.37. The molecular formula is C8H14OS3. The molecule has 0 spiro atoms. The number of allylic oxidation sites excluding steroid dienone is 1. The van der Waals surface area contributed by atoms with Crippen molar-refractivity contribution in [2.75, 3.05) is 12.5 Å². The fraction of sp³-hybridized carbons (Fsp3) is 0.625. The van der Waals surface area contributed by atoms with E-state index in [0.717, 1.165) is 16.2 Å². The number of hydrogen-bond acceptors (Lipinski definition) is 3. The van der Waals surface area contributed by atoms with Crippen molar-refractivity contribution in [2.24, 2.45) is 0 Å². The molecule has 0 aliphatic rings. The van der Waals surface area contributed by atoms with Gasteiger partial charge in [0.15, 0.2) is 0 Å². The van der Waals surface area contributed by atoms with E-state index in [0.29, 0.717) is 0 Å². The summed E-state index contributed by atoms with van der Waals surface area (Å²) in [4.78, 5) is 0. The Bertz CT molecular complexity index is 210. The highest BCUT2D eigenvalue weighted by Gasteiger charge is 2.17. The Kier molecular flexibility index (Phi) is 6.05. The van der Waals surface area contributed by atoms with Crippen molar-refractivity contribution in [3.63, 3.8) is 0 Å². The average Bonchev–Trinajstić information content (AvgIpc) is 1.98. The molecule has 12 heavy (non-hydrogen) atoms. The summed E-state index contributed by atoms with van der Waals surface area (Å²) < 4.78 is 12.1. The summed E-state index contributed by atoms with van der Waals surface area (Å²) in [5.74, 6) is 0. The molecule has 1 nitrogen and oxygen atoms in total. The first-order chi connectivity index (χ1) is 5.49. The lowest BCUT2D eigenvalue weighted by Crippen LogP contribution is -2.21. The largest absolute Gasteiger partial charge is 0.259 e. The van der Waals surface area contributed by atoms with Gasteiger partial charge in [0.25, 0.3) is 0 Å². The van der Waals surface area contributed by atoms with Crippen molar-refractivity contribution in [3.05, 3.63) is 12.2 Å². The highest BCUT2D eigenvalue weighted by molar-refractivity contribution is 8.23. The Labute approximate surface area is 86.5 Å². The fourth-order valence-corrected chi connectivity index (χ4v) is 3.11. The Morgan fingerprint density at radius 3 is 2.50 bits per heavy atom. The molecule has 4 heteroatoms. The highest BCUT2D eigenvalue weighted by Crippen LogP contribution is 2.15. The lowest BCUT2D eigenvalue weighted by molar-refractivity contribution is 0.682. The Hall–Kier alpha value is 0.330. The fourth-order valence-electron chi connectivity index (χ4n) is 0.784. The zero-order valence-electron chi connectivity index (χ0n) is 7.62. The van der Waals surface area contributed by atoms with Crippen LogP contribution in [0.25, 0.3) is 0 Å². The predicted molar refractivity (Wildman–Crippen MR) is 63.4 cm³/mol.